The summed E-state index contributed by atoms with van der Waals surface area (Å²) in [7, 11) is 0. The monoisotopic (exact) mass is 1060 g/mol. The van der Waals surface area contributed by atoms with Crippen LogP contribution in [-0.2, 0) is 51.3 Å². The van der Waals surface area contributed by atoms with E-state index in [0.29, 0.717) is 37.6 Å². The number of carboxylic acids is 3. The summed E-state index contributed by atoms with van der Waals surface area (Å²) in [4.78, 5) is 120. The number of halogens is 2. The number of pyridine rings is 1. The Balaban J connectivity index is 0.853. The first-order chi connectivity index (χ1) is 36.3. The molecule has 1 saturated heterocycles. The molecule has 1 aliphatic heterocycles. The summed E-state index contributed by atoms with van der Waals surface area (Å²) in [5.41, 5.74) is 2.14. The number of aliphatic carboxylic acids is 3. The normalized spacial score (nSPS) is 20.0. The van der Waals surface area contributed by atoms with E-state index in [9.17, 15) is 72.5 Å². The van der Waals surface area contributed by atoms with Gasteiger partial charge in [0.25, 0.3) is 11.8 Å². The topological polar surface area (TPSA) is 321 Å². The number of carbonyl (C=O) groups is 9. The zero-order chi connectivity index (χ0) is 54.9. The molecule has 24 heteroatoms. The third-order valence-electron chi connectivity index (χ3n) is 14.0. The fraction of sp³-hybridized carbons (Fsp3) is 0.519. The van der Waals surface area contributed by atoms with Crippen molar-refractivity contribution >= 4 is 69.9 Å². The van der Waals surface area contributed by atoms with Gasteiger partial charge in [-0.2, -0.15) is 5.26 Å². The third kappa shape index (κ3) is 16.9. The Hall–Kier alpha value is -7.65. The van der Waals surface area contributed by atoms with E-state index in [1.54, 1.807) is 41.3 Å². The Labute approximate surface area is 436 Å². The van der Waals surface area contributed by atoms with Gasteiger partial charge in [-0.25, -0.2) is 8.78 Å². The Bertz CT molecular complexity index is 2640. The first kappa shape index (κ1) is 57.6. The average molecular weight is 1060 g/mol. The number of carboxylic acid groups (broad SMARTS) is 3. The maximum atomic E-state index is 13.8. The number of alkyl halides is 2. The summed E-state index contributed by atoms with van der Waals surface area (Å²) in [6.07, 6.45) is 5.73. The van der Waals surface area contributed by atoms with E-state index < -0.39 is 92.1 Å². The second-order valence-electron chi connectivity index (χ2n) is 19.6. The van der Waals surface area contributed by atoms with Crippen molar-refractivity contribution in [1.82, 2.24) is 41.0 Å². The van der Waals surface area contributed by atoms with Crippen LogP contribution >= 0.6 is 0 Å². The Morgan fingerprint density at radius 3 is 2.00 bits per heavy atom. The second kappa shape index (κ2) is 27.2. The zero-order valence-electron chi connectivity index (χ0n) is 41.9. The maximum absolute atomic E-state index is 13.8. The van der Waals surface area contributed by atoms with Crippen molar-refractivity contribution in [3.05, 3.63) is 71.4 Å². The molecule has 2 aliphatic carbocycles. The van der Waals surface area contributed by atoms with E-state index in [4.69, 9.17) is 0 Å². The number of anilines is 1. The molecule has 2 unspecified atom stereocenters. The number of benzene rings is 2. The molecule has 3 atom stereocenters. The molecule has 3 aromatic rings. The molecule has 2 saturated carbocycles. The number of fused-ring (bicyclic) bond motifs is 1. The van der Waals surface area contributed by atoms with Crippen molar-refractivity contribution in [1.29, 1.82) is 5.26 Å². The highest BCUT2D eigenvalue weighted by molar-refractivity contribution is 6.10. The summed E-state index contributed by atoms with van der Waals surface area (Å²) in [5.74, 6) is -9.39. The lowest BCUT2D eigenvalue weighted by atomic mass is 9.81. The van der Waals surface area contributed by atoms with Crippen LogP contribution in [0.5, 0.6) is 0 Å². The van der Waals surface area contributed by atoms with E-state index >= 15 is 0 Å². The first-order valence-corrected chi connectivity index (χ1v) is 25.3. The molecule has 0 radical (unpaired) electrons. The summed E-state index contributed by atoms with van der Waals surface area (Å²) in [6, 6.07) is 12.9. The molecule has 2 heterocycles. The number of amides is 6. The van der Waals surface area contributed by atoms with Crippen molar-refractivity contribution in [3.8, 4) is 6.07 Å². The Morgan fingerprint density at radius 1 is 0.724 bits per heavy atom. The Kier molecular flexibility index (Phi) is 20.6. The molecule has 6 rings (SSSR count). The van der Waals surface area contributed by atoms with Gasteiger partial charge >= 0.3 is 17.9 Å². The number of nitriles is 1. The van der Waals surface area contributed by atoms with Gasteiger partial charge in [0, 0.05) is 75.0 Å². The predicted molar refractivity (Wildman–Crippen MR) is 268 cm³/mol. The molecule has 22 nitrogen and oxygen atoms in total. The van der Waals surface area contributed by atoms with Crippen molar-refractivity contribution in [3.63, 3.8) is 0 Å². The minimum absolute atomic E-state index is 0.0972. The summed E-state index contributed by atoms with van der Waals surface area (Å²) in [6.45, 7) is -1.80. The zero-order valence-corrected chi connectivity index (χ0v) is 41.9. The molecule has 3 fully saturated rings. The van der Waals surface area contributed by atoms with E-state index in [1.165, 1.54) is 17.2 Å². The number of hydrogen-bond donors (Lipinski definition) is 8. The Morgan fingerprint density at radius 2 is 1.34 bits per heavy atom. The van der Waals surface area contributed by atoms with Gasteiger partial charge in [-0.05, 0) is 67.7 Å². The molecule has 3 aliphatic rings. The lowest BCUT2D eigenvalue weighted by Gasteiger charge is -2.44. The quantitative estimate of drug-likeness (QED) is 0.0565. The summed E-state index contributed by atoms with van der Waals surface area (Å²) in [5, 5.41) is 51.9. The van der Waals surface area contributed by atoms with Crippen LogP contribution in [0, 0.1) is 23.2 Å². The lowest BCUT2D eigenvalue weighted by molar-refractivity contribution is -0.146. The molecule has 1 aromatic heterocycles. The highest BCUT2D eigenvalue weighted by Gasteiger charge is 2.47. The van der Waals surface area contributed by atoms with Gasteiger partial charge in [-0.1, -0.05) is 49.2 Å². The minimum atomic E-state index is -3.20. The molecule has 0 bridgehead atoms. The molecule has 6 amide bonds. The molecule has 76 heavy (non-hydrogen) atoms. The van der Waals surface area contributed by atoms with Crippen LogP contribution in [0.4, 0.5) is 14.5 Å². The molecule has 8 N–H and O–H groups in total. The van der Waals surface area contributed by atoms with Crippen LogP contribution in [-0.4, -0.2) is 165 Å². The van der Waals surface area contributed by atoms with Gasteiger partial charge in [-0.15, -0.1) is 0 Å². The van der Waals surface area contributed by atoms with Gasteiger partial charge in [0.2, 0.25) is 29.5 Å². The largest absolute Gasteiger partial charge is 0.480 e. The number of nitrogens with zero attached hydrogens (tertiary/aromatic N) is 5. The number of likely N-dealkylation sites (tertiary alicyclic amines) is 1. The second-order valence-corrected chi connectivity index (χ2v) is 19.6. The summed E-state index contributed by atoms with van der Waals surface area (Å²) < 4.78 is 27.6. The number of para-hydroxylation sites is 1. The predicted octanol–water partition coefficient (Wildman–Crippen LogP) is 2.51. The van der Waals surface area contributed by atoms with Crippen LogP contribution < -0.4 is 26.6 Å². The molecule has 0 spiro atoms. The van der Waals surface area contributed by atoms with E-state index in [2.05, 4.69) is 31.6 Å². The van der Waals surface area contributed by atoms with E-state index in [-0.39, 0.29) is 91.9 Å². The fourth-order valence-corrected chi connectivity index (χ4v) is 10.3. The van der Waals surface area contributed by atoms with Crippen LogP contribution in [0.3, 0.4) is 0 Å². The standard InChI is InChI=1S/C52H64F2N10O12/c53-52(54)23-36(24-55)64(31-52)45(68)26-60-51(76)38-18-19-57-49-37(38)4-3-5-39(49)61-43(66)17-16-42(65)56-20-21-58-50(75)35-14-12-33(13-15-35)25-59-44(67)22-32-8-10-34(11-9-32)27-62(28-46(69)70)40-6-1-2-7-41(40)63(29-47(71)72)30-48(73)74/h3-5,8-11,18-19,33,35-36,40-41H,1-2,6-7,12-17,20-23,25-31H2,(H,56,65)(H,58,75)(H,59,67)(H,60,76)(H,61,66)(H,69,70)(H,71,72)(H,73,74)/t33?,35?,36-,40?,41?/m0/s1. The number of nitrogens with one attached hydrogen (secondary N) is 5. The highest BCUT2D eigenvalue weighted by Crippen LogP contribution is 2.33. The number of rotatable bonds is 25. The smallest absolute Gasteiger partial charge is 0.317 e. The first-order valence-electron chi connectivity index (χ1n) is 25.3. The minimum Gasteiger partial charge on any atom is -0.480 e. The molecular formula is C52H64F2N10O12. The number of carbonyl (C=O) groups excluding carboxylic acids is 6. The van der Waals surface area contributed by atoms with Crippen LogP contribution in [0.2, 0.25) is 0 Å². The fourth-order valence-electron chi connectivity index (χ4n) is 10.3. The van der Waals surface area contributed by atoms with Crippen molar-refractivity contribution in [2.45, 2.75) is 108 Å². The maximum Gasteiger partial charge on any atom is 0.317 e. The van der Waals surface area contributed by atoms with Crippen LogP contribution in [0.15, 0.2) is 54.7 Å². The van der Waals surface area contributed by atoms with E-state index in [1.807, 2.05) is 12.1 Å². The van der Waals surface area contributed by atoms with Gasteiger partial charge in [0.15, 0.2) is 0 Å². The van der Waals surface area contributed by atoms with Crippen molar-refractivity contribution in [2.75, 3.05) is 57.7 Å². The van der Waals surface area contributed by atoms with Crippen molar-refractivity contribution in [2.24, 2.45) is 11.8 Å². The van der Waals surface area contributed by atoms with E-state index in [0.717, 1.165) is 41.7 Å². The van der Waals surface area contributed by atoms with Gasteiger partial charge < -0.3 is 46.8 Å². The lowest BCUT2D eigenvalue weighted by Crippen LogP contribution is -2.56. The van der Waals surface area contributed by atoms with Crippen LogP contribution in [0.1, 0.15) is 92.1 Å². The molecule has 2 aromatic carbocycles. The van der Waals surface area contributed by atoms with Gasteiger partial charge in [-0.3, -0.25) is 57.9 Å². The number of aromatic nitrogens is 1. The van der Waals surface area contributed by atoms with Crippen LogP contribution in [0.25, 0.3) is 10.9 Å². The van der Waals surface area contributed by atoms with Crippen molar-refractivity contribution < 1.29 is 67.3 Å². The molecular weight excluding hydrogens is 995 g/mol. The summed E-state index contributed by atoms with van der Waals surface area (Å²) >= 11 is 0. The third-order valence-corrected chi connectivity index (χ3v) is 14.0. The number of hydrogen-bond acceptors (Lipinski definition) is 13. The van der Waals surface area contributed by atoms with Gasteiger partial charge in [0.1, 0.15) is 6.04 Å². The van der Waals surface area contributed by atoms with Gasteiger partial charge in [0.05, 0.1) is 62.0 Å². The SMILES string of the molecule is N#C[C@@H]1CC(F)(F)CN1C(=O)CNC(=O)c1ccnc2c(NC(=O)CCC(=O)NCCNC(=O)C3CCC(CNC(=O)Cc4ccc(CN(CC(=O)O)C5CCCCC5N(CC(=O)O)CC(=O)O)cc4)CC3)cccc12. The highest BCUT2D eigenvalue weighted by atomic mass is 19.3. The average Bonchev–Trinajstić information content (AvgIpc) is 3.72. The molecule has 408 valence electrons.